The van der Waals surface area contributed by atoms with Gasteiger partial charge in [-0.05, 0) is 75.3 Å². The topological polar surface area (TPSA) is 191 Å². The molecule has 1 aliphatic heterocycles. The van der Waals surface area contributed by atoms with Crippen molar-refractivity contribution in [1.29, 1.82) is 0 Å². The first-order valence-electron chi connectivity index (χ1n) is 18.7. The average Bonchev–Trinajstić information content (AvgIpc) is 3.60. The number of aryl methyl sites for hydroxylation is 1. The predicted molar refractivity (Wildman–Crippen MR) is 208 cm³/mol. The van der Waals surface area contributed by atoms with Gasteiger partial charge in [0.15, 0.2) is 0 Å². The number of carbonyl (C=O) groups excluding carboxylic acids is 5. The zero-order valence-corrected chi connectivity index (χ0v) is 31.0. The highest BCUT2D eigenvalue weighted by molar-refractivity contribution is 5.95. The van der Waals surface area contributed by atoms with Crippen molar-refractivity contribution < 1.29 is 24.0 Å². The van der Waals surface area contributed by atoms with E-state index >= 15 is 0 Å². The van der Waals surface area contributed by atoms with E-state index in [1.165, 1.54) is 0 Å². The number of rotatable bonds is 17. The van der Waals surface area contributed by atoms with Gasteiger partial charge >= 0.3 is 6.03 Å². The number of hydrogen-bond acceptors (Lipinski definition) is 6. The summed E-state index contributed by atoms with van der Waals surface area (Å²) in [6.45, 7) is 2.87. The molecule has 1 saturated heterocycles. The lowest BCUT2D eigenvalue weighted by Crippen LogP contribution is -2.60. The number of nitrogens with one attached hydrogen (secondary N) is 6. The number of para-hydroxylation sites is 1. The van der Waals surface area contributed by atoms with E-state index in [1.54, 1.807) is 11.9 Å². The summed E-state index contributed by atoms with van der Waals surface area (Å²) in [4.78, 5) is 72.2. The number of fused-ring (bicyclic) bond motifs is 1. The van der Waals surface area contributed by atoms with Crippen LogP contribution in [0.1, 0.15) is 54.4 Å². The molecule has 286 valence electrons. The molecule has 3 unspecified atom stereocenters. The number of H-pyrrole nitrogens is 1. The molecule has 1 aliphatic rings. The van der Waals surface area contributed by atoms with Crippen molar-refractivity contribution in [2.75, 3.05) is 20.1 Å². The maximum Gasteiger partial charge on any atom is 0.312 e. The van der Waals surface area contributed by atoms with E-state index in [0.717, 1.165) is 46.0 Å². The zero-order chi connectivity index (χ0) is 38.5. The number of nitrogens with zero attached hydrogens (tertiary/aromatic N) is 1. The number of benzene rings is 3. The molecule has 5 rings (SSSR count). The van der Waals surface area contributed by atoms with Crippen LogP contribution in [0.5, 0.6) is 0 Å². The second-order valence-electron chi connectivity index (χ2n) is 13.9. The minimum absolute atomic E-state index is 0.135. The van der Waals surface area contributed by atoms with Gasteiger partial charge in [-0.3, -0.25) is 19.2 Å². The molecule has 8 N–H and O–H groups in total. The molecule has 1 aromatic heterocycles. The standard InChI is InChI=1S/C41H52N8O5/c1-27-17-19-29(20-18-27)25-46-37(50)33(15-10-21-44-41(42)54)47-38(51)34(24-30-26-45-32-14-7-6-13-31(30)32)48-39(52)36-16-8-9-22-49(36)40(53)35(43-2)23-28-11-4-3-5-12-28/h3-7,11-14,17-20,26,33-36,43,45H,8-10,15-16,21-25H2,1-2H3,(H,46,50)(H,47,51)(H,48,52)(H3,42,44,54)/t33?,34?,35?,36-/m0/s1. The Morgan fingerprint density at radius 3 is 2.30 bits per heavy atom. The minimum Gasteiger partial charge on any atom is -0.361 e. The summed E-state index contributed by atoms with van der Waals surface area (Å²) in [7, 11) is 1.74. The van der Waals surface area contributed by atoms with Crippen LogP contribution in [0.2, 0.25) is 0 Å². The highest BCUT2D eigenvalue weighted by atomic mass is 16.2. The highest BCUT2D eigenvalue weighted by Crippen LogP contribution is 2.22. The second kappa shape index (κ2) is 19.4. The van der Waals surface area contributed by atoms with Crippen LogP contribution in [-0.4, -0.2) is 83.8 Å². The Balaban J connectivity index is 1.36. The number of likely N-dealkylation sites (N-methyl/N-ethyl adjacent to an activating group) is 1. The van der Waals surface area contributed by atoms with Gasteiger partial charge in [0.2, 0.25) is 23.6 Å². The Kier molecular flexibility index (Phi) is 14.2. The average molecular weight is 737 g/mol. The number of carbonyl (C=O) groups is 5. The number of primary amides is 1. The van der Waals surface area contributed by atoms with Crippen LogP contribution in [0.15, 0.2) is 85.1 Å². The number of urea groups is 1. The fourth-order valence-electron chi connectivity index (χ4n) is 6.91. The lowest BCUT2D eigenvalue weighted by Gasteiger charge is -2.37. The second-order valence-corrected chi connectivity index (χ2v) is 13.9. The van der Waals surface area contributed by atoms with E-state index in [4.69, 9.17) is 5.73 Å². The Morgan fingerprint density at radius 1 is 0.815 bits per heavy atom. The van der Waals surface area contributed by atoms with E-state index in [9.17, 15) is 24.0 Å². The van der Waals surface area contributed by atoms with E-state index in [2.05, 4.69) is 31.6 Å². The summed E-state index contributed by atoms with van der Waals surface area (Å²) in [6, 6.07) is 21.1. The first-order valence-corrected chi connectivity index (χ1v) is 18.7. The Bertz CT molecular complexity index is 1880. The summed E-state index contributed by atoms with van der Waals surface area (Å²) in [6.07, 6.45) is 4.96. The first-order chi connectivity index (χ1) is 26.1. The van der Waals surface area contributed by atoms with E-state index in [-0.39, 0.29) is 31.8 Å². The van der Waals surface area contributed by atoms with E-state index in [0.29, 0.717) is 25.8 Å². The van der Waals surface area contributed by atoms with Crippen LogP contribution in [0.25, 0.3) is 10.9 Å². The van der Waals surface area contributed by atoms with Crippen molar-refractivity contribution in [3.8, 4) is 0 Å². The van der Waals surface area contributed by atoms with Crippen LogP contribution in [0, 0.1) is 6.92 Å². The number of aromatic amines is 1. The molecule has 0 spiro atoms. The maximum absolute atomic E-state index is 14.3. The molecule has 6 amide bonds. The van der Waals surface area contributed by atoms with Crippen LogP contribution in [-0.2, 0) is 38.6 Å². The van der Waals surface area contributed by atoms with Crippen LogP contribution in [0.4, 0.5) is 4.79 Å². The maximum atomic E-state index is 14.3. The van der Waals surface area contributed by atoms with Crippen molar-refractivity contribution >= 4 is 40.6 Å². The fourth-order valence-corrected chi connectivity index (χ4v) is 6.91. The third-order valence-electron chi connectivity index (χ3n) is 9.94. The van der Waals surface area contributed by atoms with Gasteiger partial charge in [0.1, 0.15) is 18.1 Å². The van der Waals surface area contributed by atoms with E-state index in [1.807, 2.05) is 92.0 Å². The molecule has 0 aliphatic carbocycles. The molecule has 2 heterocycles. The largest absolute Gasteiger partial charge is 0.361 e. The Morgan fingerprint density at radius 2 is 1.56 bits per heavy atom. The minimum atomic E-state index is -1.07. The first kappa shape index (κ1) is 39.5. The normalized spacial score (nSPS) is 15.8. The van der Waals surface area contributed by atoms with Gasteiger partial charge < -0.3 is 42.2 Å². The van der Waals surface area contributed by atoms with Gasteiger partial charge in [0, 0.05) is 43.2 Å². The number of likely N-dealkylation sites (tertiary alicyclic amines) is 1. The smallest absolute Gasteiger partial charge is 0.312 e. The van der Waals surface area contributed by atoms with Gasteiger partial charge in [0.25, 0.3) is 0 Å². The monoisotopic (exact) mass is 736 g/mol. The Labute approximate surface area is 316 Å². The van der Waals surface area contributed by atoms with Crippen molar-refractivity contribution in [2.24, 2.45) is 5.73 Å². The number of piperidine rings is 1. The molecule has 0 radical (unpaired) electrons. The SMILES string of the molecule is CNC(Cc1ccccc1)C(=O)N1CCCC[C@H]1C(=O)NC(Cc1c[nH]c2ccccc12)C(=O)NC(CCCNC(N)=O)C(=O)NCc1ccc(C)cc1. The van der Waals surface area contributed by atoms with Crippen molar-refractivity contribution in [3.63, 3.8) is 0 Å². The molecule has 0 bridgehead atoms. The molecule has 4 atom stereocenters. The quantitative estimate of drug-likeness (QED) is 0.0816. The predicted octanol–water partition coefficient (Wildman–Crippen LogP) is 2.97. The summed E-state index contributed by atoms with van der Waals surface area (Å²) in [5.74, 6) is -1.55. The van der Waals surface area contributed by atoms with Gasteiger partial charge in [-0.2, -0.15) is 0 Å². The third-order valence-corrected chi connectivity index (χ3v) is 9.94. The Hall–Kier alpha value is -5.69. The van der Waals surface area contributed by atoms with E-state index < -0.39 is 47.9 Å². The lowest BCUT2D eigenvalue weighted by atomic mass is 9.97. The summed E-state index contributed by atoms with van der Waals surface area (Å²) in [5.41, 5.74) is 9.93. The molecule has 3 aromatic carbocycles. The van der Waals surface area contributed by atoms with Crippen LogP contribution in [0.3, 0.4) is 0 Å². The number of amides is 6. The molecular weight excluding hydrogens is 685 g/mol. The highest BCUT2D eigenvalue weighted by Gasteiger charge is 2.37. The molecular formula is C41H52N8O5. The molecule has 1 fully saturated rings. The number of hydrogen-bond donors (Lipinski definition) is 7. The molecule has 13 heteroatoms. The third kappa shape index (κ3) is 10.9. The summed E-state index contributed by atoms with van der Waals surface area (Å²) < 4.78 is 0. The van der Waals surface area contributed by atoms with Gasteiger partial charge in [0.05, 0.1) is 6.04 Å². The summed E-state index contributed by atoms with van der Waals surface area (Å²) >= 11 is 0. The molecule has 54 heavy (non-hydrogen) atoms. The number of aromatic nitrogens is 1. The number of nitrogens with two attached hydrogens (primary N) is 1. The molecule has 4 aromatic rings. The van der Waals surface area contributed by atoms with Gasteiger partial charge in [-0.25, -0.2) is 4.79 Å². The molecule has 0 saturated carbocycles. The van der Waals surface area contributed by atoms with Crippen molar-refractivity contribution in [2.45, 2.75) is 82.6 Å². The summed E-state index contributed by atoms with van der Waals surface area (Å²) in [5, 5.41) is 15.4. The van der Waals surface area contributed by atoms with Crippen LogP contribution >= 0.6 is 0 Å². The van der Waals surface area contributed by atoms with Crippen molar-refractivity contribution in [3.05, 3.63) is 107 Å². The van der Waals surface area contributed by atoms with Gasteiger partial charge in [-0.15, -0.1) is 0 Å². The van der Waals surface area contributed by atoms with Crippen molar-refractivity contribution in [1.82, 2.24) is 36.5 Å². The zero-order valence-electron chi connectivity index (χ0n) is 31.0. The lowest BCUT2D eigenvalue weighted by molar-refractivity contribution is -0.144. The van der Waals surface area contributed by atoms with Gasteiger partial charge in [-0.1, -0.05) is 78.4 Å². The fraction of sp³-hybridized carbons (Fsp3) is 0.390. The van der Waals surface area contributed by atoms with Crippen LogP contribution < -0.4 is 32.3 Å². The molecule has 13 nitrogen and oxygen atoms in total.